The molecule has 3 nitrogen and oxygen atoms in total. The first-order valence-corrected chi connectivity index (χ1v) is 5.15. The van der Waals surface area contributed by atoms with Crippen LogP contribution in [0, 0.1) is 11.6 Å². The summed E-state index contributed by atoms with van der Waals surface area (Å²) < 4.78 is 46.0. The first-order chi connectivity index (χ1) is 6.38. The Morgan fingerprint density at radius 2 is 1.86 bits per heavy atom. The molecule has 0 aliphatic rings. The van der Waals surface area contributed by atoms with Gasteiger partial charge in [0.15, 0.2) is 11.6 Å². The zero-order valence-electron chi connectivity index (χ0n) is 6.94. The first-order valence-electron chi connectivity index (χ1n) is 3.54. The number of rotatable bonds is 2. The van der Waals surface area contributed by atoms with Crippen LogP contribution in [0.3, 0.4) is 0 Å². The van der Waals surface area contributed by atoms with Crippen LogP contribution in [0.2, 0.25) is 0 Å². The first kappa shape index (κ1) is 10.8. The second kappa shape index (κ2) is 3.85. The minimum absolute atomic E-state index is 0.220. The fourth-order valence-electron chi connectivity index (χ4n) is 0.789. The Balaban J connectivity index is 3.00. The van der Waals surface area contributed by atoms with Crippen molar-refractivity contribution in [3.05, 3.63) is 40.8 Å². The summed E-state index contributed by atoms with van der Waals surface area (Å²) in [7, 11) is -3.74. The van der Waals surface area contributed by atoms with Crippen LogP contribution in [0.25, 0.3) is 6.08 Å². The highest BCUT2D eigenvalue weighted by Crippen LogP contribution is 2.10. The quantitative estimate of drug-likeness (QED) is 0.813. The average Bonchev–Trinajstić information content (AvgIpc) is 2.06. The Bertz CT molecular complexity index is 468. The van der Waals surface area contributed by atoms with Gasteiger partial charge in [-0.15, -0.1) is 0 Å². The molecule has 0 radical (unpaired) electrons. The number of hydrogen-bond donors (Lipinski definition) is 1. The molecule has 1 aromatic carbocycles. The summed E-state index contributed by atoms with van der Waals surface area (Å²) in [6, 6.07) is 3.01. The molecule has 1 rings (SSSR count). The van der Waals surface area contributed by atoms with Gasteiger partial charge < -0.3 is 0 Å². The molecule has 0 saturated carbocycles. The maximum atomic E-state index is 12.6. The van der Waals surface area contributed by atoms with Crippen LogP contribution in [0.5, 0.6) is 0 Å². The zero-order valence-corrected chi connectivity index (χ0v) is 7.76. The van der Waals surface area contributed by atoms with Gasteiger partial charge in [-0.05, 0) is 23.8 Å². The van der Waals surface area contributed by atoms with Crippen molar-refractivity contribution in [1.29, 1.82) is 0 Å². The van der Waals surface area contributed by atoms with Gasteiger partial charge in [0.05, 0.1) is 0 Å². The van der Waals surface area contributed by atoms with Crippen molar-refractivity contribution >= 4 is 16.1 Å². The Morgan fingerprint density at radius 3 is 2.36 bits per heavy atom. The average molecular weight is 219 g/mol. The Labute approximate surface area is 79.9 Å². The van der Waals surface area contributed by atoms with Crippen molar-refractivity contribution in [1.82, 2.24) is 0 Å². The van der Waals surface area contributed by atoms with Crippen LogP contribution in [-0.4, -0.2) is 8.42 Å². The predicted molar refractivity (Wildman–Crippen MR) is 48.5 cm³/mol. The van der Waals surface area contributed by atoms with E-state index in [1.54, 1.807) is 0 Å². The lowest BCUT2D eigenvalue weighted by Gasteiger charge is -1.94. The second-order valence-corrected chi connectivity index (χ2v) is 4.02. The smallest absolute Gasteiger partial charge is 0.225 e. The van der Waals surface area contributed by atoms with E-state index in [-0.39, 0.29) is 5.56 Å². The van der Waals surface area contributed by atoms with E-state index in [1.807, 2.05) is 0 Å². The molecule has 14 heavy (non-hydrogen) atoms. The van der Waals surface area contributed by atoms with Crippen LogP contribution in [0.4, 0.5) is 8.78 Å². The topological polar surface area (TPSA) is 60.2 Å². The number of primary sulfonamides is 1. The molecule has 0 bridgehead atoms. The van der Waals surface area contributed by atoms with E-state index >= 15 is 0 Å². The van der Waals surface area contributed by atoms with Crippen LogP contribution < -0.4 is 5.14 Å². The summed E-state index contributed by atoms with van der Waals surface area (Å²) in [5.74, 6) is -2.03. The van der Waals surface area contributed by atoms with E-state index in [2.05, 4.69) is 5.14 Å². The summed E-state index contributed by atoms with van der Waals surface area (Å²) in [6.45, 7) is 0. The van der Waals surface area contributed by atoms with E-state index in [0.717, 1.165) is 18.2 Å². The molecule has 0 aliphatic heterocycles. The Kier molecular flexibility index (Phi) is 2.97. The van der Waals surface area contributed by atoms with Gasteiger partial charge in [0.25, 0.3) is 0 Å². The second-order valence-electron chi connectivity index (χ2n) is 2.57. The molecular formula is C8H7F2NO2S. The van der Waals surface area contributed by atoms with Gasteiger partial charge in [-0.1, -0.05) is 6.07 Å². The van der Waals surface area contributed by atoms with E-state index < -0.39 is 21.7 Å². The summed E-state index contributed by atoms with van der Waals surface area (Å²) >= 11 is 0. The van der Waals surface area contributed by atoms with Gasteiger partial charge in [0.1, 0.15) is 0 Å². The Hall–Kier alpha value is -1.27. The summed E-state index contributed by atoms with van der Waals surface area (Å²) in [5.41, 5.74) is 0.220. The lowest BCUT2D eigenvalue weighted by molar-refractivity contribution is 0.508. The third-order valence-electron chi connectivity index (χ3n) is 1.39. The predicted octanol–water partition coefficient (Wildman–Crippen LogP) is 1.22. The lowest BCUT2D eigenvalue weighted by Crippen LogP contribution is -2.06. The van der Waals surface area contributed by atoms with Crippen LogP contribution in [0.15, 0.2) is 23.6 Å². The van der Waals surface area contributed by atoms with Crippen LogP contribution in [0.1, 0.15) is 5.56 Å². The third kappa shape index (κ3) is 3.23. The fraction of sp³-hybridized carbons (Fsp3) is 0. The SMILES string of the molecule is NS(=O)(=O)/C=C/c1ccc(F)c(F)c1. The number of halogens is 2. The van der Waals surface area contributed by atoms with Gasteiger partial charge in [-0.3, -0.25) is 0 Å². The van der Waals surface area contributed by atoms with E-state index in [0.29, 0.717) is 5.41 Å². The normalized spacial score (nSPS) is 12.2. The zero-order chi connectivity index (χ0) is 10.8. The van der Waals surface area contributed by atoms with Crippen molar-refractivity contribution in [3.8, 4) is 0 Å². The number of sulfonamides is 1. The standard InChI is InChI=1S/C8H7F2NO2S/c9-7-2-1-6(5-8(7)10)3-4-14(11,12)13/h1-5H,(H2,11,12,13)/b4-3+. The highest BCUT2D eigenvalue weighted by atomic mass is 32.2. The van der Waals surface area contributed by atoms with E-state index in [9.17, 15) is 17.2 Å². The number of nitrogens with two attached hydrogens (primary N) is 1. The lowest BCUT2D eigenvalue weighted by atomic mass is 10.2. The molecule has 0 fully saturated rings. The van der Waals surface area contributed by atoms with Crippen molar-refractivity contribution in [2.75, 3.05) is 0 Å². The van der Waals surface area contributed by atoms with Crippen LogP contribution >= 0.6 is 0 Å². The molecule has 76 valence electrons. The van der Waals surface area contributed by atoms with Gasteiger partial charge in [-0.2, -0.15) is 0 Å². The molecular weight excluding hydrogens is 212 g/mol. The number of hydrogen-bond acceptors (Lipinski definition) is 2. The molecule has 1 aromatic rings. The minimum Gasteiger partial charge on any atom is -0.225 e. The van der Waals surface area contributed by atoms with Crippen molar-refractivity contribution in [2.24, 2.45) is 5.14 Å². The molecule has 0 amide bonds. The minimum atomic E-state index is -3.74. The molecule has 0 spiro atoms. The molecule has 0 aliphatic carbocycles. The molecule has 0 heterocycles. The summed E-state index contributed by atoms with van der Waals surface area (Å²) in [4.78, 5) is 0. The summed E-state index contributed by atoms with van der Waals surface area (Å²) in [5, 5.41) is 5.38. The fourth-order valence-corrected chi connectivity index (χ4v) is 1.14. The molecule has 0 atom stereocenters. The van der Waals surface area contributed by atoms with Gasteiger partial charge in [-0.25, -0.2) is 22.3 Å². The molecule has 0 aromatic heterocycles. The van der Waals surface area contributed by atoms with Crippen LogP contribution in [-0.2, 0) is 10.0 Å². The highest BCUT2D eigenvalue weighted by molar-refractivity contribution is 7.92. The monoisotopic (exact) mass is 219 g/mol. The van der Waals surface area contributed by atoms with E-state index in [1.165, 1.54) is 6.07 Å². The van der Waals surface area contributed by atoms with E-state index in [4.69, 9.17) is 0 Å². The molecule has 6 heteroatoms. The van der Waals surface area contributed by atoms with Gasteiger partial charge in [0, 0.05) is 5.41 Å². The maximum Gasteiger partial charge on any atom is 0.231 e. The van der Waals surface area contributed by atoms with Gasteiger partial charge >= 0.3 is 0 Å². The maximum absolute atomic E-state index is 12.6. The largest absolute Gasteiger partial charge is 0.231 e. The number of benzene rings is 1. The Morgan fingerprint density at radius 1 is 1.21 bits per heavy atom. The molecule has 2 N–H and O–H groups in total. The van der Waals surface area contributed by atoms with Gasteiger partial charge in [0.2, 0.25) is 10.0 Å². The van der Waals surface area contributed by atoms with Crippen molar-refractivity contribution < 1.29 is 17.2 Å². The van der Waals surface area contributed by atoms with Crippen molar-refractivity contribution in [3.63, 3.8) is 0 Å². The van der Waals surface area contributed by atoms with Crippen molar-refractivity contribution in [2.45, 2.75) is 0 Å². The third-order valence-corrected chi connectivity index (χ3v) is 1.91. The molecule has 0 saturated heterocycles. The highest BCUT2D eigenvalue weighted by Gasteiger charge is 2.00. The summed E-state index contributed by atoms with van der Waals surface area (Å²) in [6.07, 6.45) is 1.08. The molecule has 0 unspecified atom stereocenters.